The second kappa shape index (κ2) is 6.54. The highest BCUT2D eigenvalue weighted by Gasteiger charge is 2.18. The van der Waals surface area contributed by atoms with Gasteiger partial charge in [0.15, 0.2) is 9.84 Å². The smallest absolute Gasteiger partial charge is 0.335 e. The van der Waals surface area contributed by atoms with Crippen LogP contribution < -0.4 is 4.72 Å². The second-order valence-electron chi connectivity index (χ2n) is 4.42. The number of hydrogen-bond donors (Lipinski definition) is 2. The summed E-state index contributed by atoms with van der Waals surface area (Å²) >= 11 is 0. The number of benzene rings is 1. The quantitative estimate of drug-likeness (QED) is 0.745. The van der Waals surface area contributed by atoms with Crippen LogP contribution in [-0.4, -0.2) is 46.0 Å². The van der Waals surface area contributed by atoms with E-state index in [-0.39, 0.29) is 28.5 Å². The van der Waals surface area contributed by atoms with E-state index in [9.17, 15) is 21.6 Å². The van der Waals surface area contributed by atoms with E-state index in [0.29, 0.717) is 5.56 Å². The van der Waals surface area contributed by atoms with Crippen molar-refractivity contribution >= 4 is 25.8 Å². The molecule has 0 radical (unpaired) electrons. The number of rotatable bonds is 7. The molecule has 0 bridgehead atoms. The lowest BCUT2D eigenvalue weighted by Crippen LogP contribution is -2.29. The van der Waals surface area contributed by atoms with Gasteiger partial charge < -0.3 is 5.11 Å². The molecule has 1 rings (SSSR count). The topological polar surface area (TPSA) is 118 Å². The van der Waals surface area contributed by atoms with Gasteiger partial charge in [0, 0.05) is 12.3 Å². The number of sulfonamides is 1. The van der Waals surface area contributed by atoms with E-state index in [2.05, 4.69) is 4.72 Å². The van der Waals surface area contributed by atoms with Crippen LogP contribution in [0.15, 0.2) is 23.1 Å². The molecule has 21 heavy (non-hydrogen) atoms. The molecule has 0 aromatic heterocycles. The molecule has 0 saturated carbocycles. The number of hydrogen-bond acceptors (Lipinski definition) is 5. The Hall–Kier alpha value is -1.45. The molecule has 0 saturated heterocycles. The Kier molecular flexibility index (Phi) is 5.48. The van der Waals surface area contributed by atoms with Crippen molar-refractivity contribution in [2.45, 2.75) is 18.7 Å². The summed E-state index contributed by atoms with van der Waals surface area (Å²) in [5.41, 5.74) is 0.328. The minimum absolute atomic E-state index is 0.0670. The SMILES string of the molecule is CCS(=O)(=O)CCNS(=O)(=O)c1ccc(C)c(C(=O)O)c1. The molecular formula is C12H17NO6S2. The monoisotopic (exact) mass is 335 g/mol. The van der Waals surface area contributed by atoms with Crippen molar-refractivity contribution in [3.63, 3.8) is 0 Å². The molecule has 0 amide bonds. The Labute approximate surface area is 124 Å². The molecule has 9 heteroatoms. The molecule has 0 unspecified atom stereocenters. The first-order valence-corrected chi connectivity index (χ1v) is 9.43. The second-order valence-corrected chi connectivity index (χ2v) is 8.66. The summed E-state index contributed by atoms with van der Waals surface area (Å²) in [5.74, 6) is -1.60. The summed E-state index contributed by atoms with van der Waals surface area (Å²) in [5, 5.41) is 8.98. The zero-order chi connectivity index (χ0) is 16.3. The van der Waals surface area contributed by atoms with Crippen molar-refractivity contribution in [1.29, 1.82) is 0 Å². The van der Waals surface area contributed by atoms with Crippen molar-refractivity contribution in [3.05, 3.63) is 29.3 Å². The molecular weight excluding hydrogens is 318 g/mol. The number of carbonyl (C=O) groups is 1. The fourth-order valence-corrected chi connectivity index (χ4v) is 3.45. The summed E-state index contributed by atoms with van der Waals surface area (Å²) < 4.78 is 48.7. The van der Waals surface area contributed by atoms with Gasteiger partial charge >= 0.3 is 5.97 Å². The summed E-state index contributed by atoms with van der Waals surface area (Å²) in [6.45, 7) is 2.78. The Morgan fingerprint density at radius 3 is 2.38 bits per heavy atom. The lowest BCUT2D eigenvalue weighted by Gasteiger charge is -2.08. The van der Waals surface area contributed by atoms with Crippen LogP contribution in [0.25, 0.3) is 0 Å². The number of carboxylic acid groups (broad SMARTS) is 1. The number of sulfone groups is 1. The van der Waals surface area contributed by atoms with E-state index in [1.54, 1.807) is 6.92 Å². The third-order valence-corrected chi connectivity index (χ3v) is 6.06. The van der Waals surface area contributed by atoms with E-state index in [1.807, 2.05) is 0 Å². The third kappa shape index (κ3) is 4.80. The van der Waals surface area contributed by atoms with Crippen LogP contribution in [0.2, 0.25) is 0 Å². The summed E-state index contributed by atoms with van der Waals surface area (Å²) in [7, 11) is -7.21. The molecule has 2 N–H and O–H groups in total. The average Bonchev–Trinajstić information content (AvgIpc) is 2.38. The van der Waals surface area contributed by atoms with Gasteiger partial charge in [0.2, 0.25) is 10.0 Å². The van der Waals surface area contributed by atoms with Gasteiger partial charge in [-0.15, -0.1) is 0 Å². The maximum Gasteiger partial charge on any atom is 0.335 e. The first-order chi connectivity index (χ1) is 9.59. The lowest BCUT2D eigenvalue weighted by molar-refractivity contribution is 0.0696. The maximum atomic E-state index is 12.0. The van der Waals surface area contributed by atoms with Crippen LogP contribution in [-0.2, 0) is 19.9 Å². The largest absolute Gasteiger partial charge is 0.478 e. The molecule has 0 aliphatic heterocycles. The van der Waals surface area contributed by atoms with Crippen LogP contribution >= 0.6 is 0 Å². The first-order valence-electron chi connectivity index (χ1n) is 6.13. The van der Waals surface area contributed by atoms with Gasteiger partial charge in [-0.05, 0) is 24.6 Å². The van der Waals surface area contributed by atoms with Gasteiger partial charge in [-0.3, -0.25) is 0 Å². The fraction of sp³-hybridized carbons (Fsp3) is 0.417. The third-order valence-electron chi connectivity index (χ3n) is 2.89. The number of nitrogens with one attached hydrogen (secondary N) is 1. The van der Waals surface area contributed by atoms with Gasteiger partial charge in [-0.25, -0.2) is 26.4 Å². The summed E-state index contributed by atoms with van der Waals surface area (Å²) in [4.78, 5) is 10.8. The number of aryl methyl sites for hydroxylation is 1. The minimum Gasteiger partial charge on any atom is -0.478 e. The Bertz CT molecular complexity index is 737. The fourth-order valence-electron chi connectivity index (χ4n) is 1.56. The highest BCUT2D eigenvalue weighted by atomic mass is 32.2. The normalized spacial score (nSPS) is 12.3. The zero-order valence-corrected chi connectivity index (χ0v) is 13.3. The van der Waals surface area contributed by atoms with Crippen LogP contribution in [0.5, 0.6) is 0 Å². The molecule has 1 aromatic rings. The van der Waals surface area contributed by atoms with E-state index < -0.39 is 25.8 Å². The molecule has 0 fully saturated rings. The van der Waals surface area contributed by atoms with E-state index >= 15 is 0 Å². The minimum atomic E-state index is -3.94. The number of aromatic carboxylic acids is 1. The van der Waals surface area contributed by atoms with Gasteiger partial charge in [-0.2, -0.15) is 0 Å². The van der Waals surface area contributed by atoms with Crippen molar-refractivity contribution < 1.29 is 26.7 Å². The molecule has 0 aliphatic carbocycles. The molecule has 7 nitrogen and oxygen atoms in total. The maximum absolute atomic E-state index is 12.0. The average molecular weight is 335 g/mol. The van der Waals surface area contributed by atoms with Gasteiger partial charge in [0.05, 0.1) is 16.2 Å². The Morgan fingerprint density at radius 2 is 1.86 bits per heavy atom. The highest BCUT2D eigenvalue weighted by molar-refractivity contribution is 7.91. The highest BCUT2D eigenvalue weighted by Crippen LogP contribution is 2.15. The summed E-state index contributed by atoms with van der Waals surface area (Å²) in [6.07, 6.45) is 0. The Morgan fingerprint density at radius 1 is 1.24 bits per heavy atom. The molecule has 0 aliphatic rings. The van der Waals surface area contributed by atoms with Crippen molar-refractivity contribution in [2.24, 2.45) is 0 Å². The van der Waals surface area contributed by atoms with E-state index in [1.165, 1.54) is 19.1 Å². The molecule has 0 heterocycles. The predicted octanol–water partition coefficient (Wildman–Crippen LogP) is 0.406. The van der Waals surface area contributed by atoms with Crippen LogP contribution in [0.4, 0.5) is 0 Å². The van der Waals surface area contributed by atoms with Gasteiger partial charge in [-0.1, -0.05) is 13.0 Å². The lowest BCUT2D eigenvalue weighted by atomic mass is 10.1. The molecule has 118 valence electrons. The molecule has 0 atom stereocenters. The summed E-state index contributed by atoms with van der Waals surface area (Å²) in [6, 6.07) is 3.72. The van der Waals surface area contributed by atoms with Crippen molar-refractivity contribution in [2.75, 3.05) is 18.1 Å². The number of carboxylic acids is 1. The first kappa shape index (κ1) is 17.6. The Balaban J connectivity index is 2.94. The van der Waals surface area contributed by atoms with E-state index in [0.717, 1.165) is 6.07 Å². The van der Waals surface area contributed by atoms with E-state index in [4.69, 9.17) is 5.11 Å². The standard InChI is InChI=1S/C12H17NO6S2/c1-3-20(16,17)7-6-13-21(18,19)10-5-4-9(2)11(8-10)12(14)15/h4-5,8,13H,3,6-7H2,1-2H3,(H,14,15). The van der Waals surface area contributed by atoms with Crippen molar-refractivity contribution in [1.82, 2.24) is 4.72 Å². The van der Waals surface area contributed by atoms with Gasteiger partial charge in [0.25, 0.3) is 0 Å². The predicted molar refractivity (Wildman–Crippen MR) is 77.7 cm³/mol. The van der Waals surface area contributed by atoms with Gasteiger partial charge in [0.1, 0.15) is 0 Å². The van der Waals surface area contributed by atoms with Crippen LogP contribution in [0, 0.1) is 6.92 Å². The molecule has 1 aromatic carbocycles. The van der Waals surface area contributed by atoms with Crippen molar-refractivity contribution in [3.8, 4) is 0 Å². The van der Waals surface area contributed by atoms with Crippen LogP contribution in [0.3, 0.4) is 0 Å². The molecule has 0 spiro atoms. The van der Waals surface area contributed by atoms with Crippen LogP contribution in [0.1, 0.15) is 22.8 Å². The zero-order valence-electron chi connectivity index (χ0n) is 11.7.